The second-order valence-corrected chi connectivity index (χ2v) is 4.57. The lowest BCUT2D eigenvalue weighted by molar-refractivity contribution is 0.0665. The summed E-state index contributed by atoms with van der Waals surface area (Å²) in [5, 5.41) is 6.43. The van der Waals surface area contributed by atoms with Crippen molar-refractivity contribution in [3.8, 4) is 0 Å². The van der Waals surface area contributed by atoms with Crippen LogP contribution in [0.3, 0.4) is 0 Å². The van der Waals surface area contributed by atoms with Gasteiger partial charge in [0, 0.05) is 5.56 Å². The van der Waals surface area contributed by atoms with Crippen LogP contribution in [0.5, 0.6) is 0 Å². The van der Waals surface area contributed by atoms with Crippen molar-refractivity contribution in [3.63, 3.8) is 0 Å². The highest BCUT2D eigenvalue weighted by Crippen LogP contribution is 2.36. The van der Waals surface area contributed by atoms with Crippen LogP contribution in [0.2, 0.25) is 0 Å². The summed E-state index contributed by atoms with van der Waals surface area (Å²) in [6, 6.07) is 0. The molecule has 5 heteroatoms. The topological polar surface area (TPSA) is 54.7 Å². The maximum Gasteiger partial charge on any atom is 0.249 e. The Labute approximate surface area is 88.1 Å². The van der Waals surface area contributed by atoms with E-state index < -0.39 is 11.8 Å². The molecule has 1 heterocycles. The van der Waals surface area contributed by atoms with E-state index in [0.717, 1.165) is 0 Å². The summed E-state index contributed by atoms with van der Waals surface area (Å²) in [6.07, 6.45) is -2.45. The van der Waals surface area contributed by atoms with Crippen molar-refractivity contribution in [2.45, 2.75) is 45.5 Å². The second kappa shape index (κ2) is 3.79. The van der Waals surface area contributed by atoms with Gasteiger partial charge in [-0.1, -0.05) is 13.8 Å². The quantitative estimate of drug-likeness (QED) is 0.817. The first kappa shape index (κ1) is 11.9. The third kappa shape index (κ3) is 1.96. The minimum atomic E-state index is -2.45. The average Bonchev–Trinajstić information content (AvgIpc) is 2.47. The largest absolute Gasteiger partial charge is 0.382 e. The summed E-state index contributed by atoms with van der Waals surface area (Å²) < 4.78 is 25.7. The summed E-state index contributed by atoms with van der Waals surface area (Å²) in [5.41, 5.74) is 5.54. The molecule has 15 heavy (non-hydrogen) atoms. The van der Waals surface area contributed by atoms with E-state index >= 15 is 0 Å². The molecule has 0 bridgehead atoms. The van der Waals surface area contributed by atoms with Crippen molar-refractivity contribution < 1.29 is 8.78 Å². The van der Waals surface area contributed by atoms with Crippen LogP contribution < -0.4 is 5.73 Å². The first-order valence-electron chi connectivity index (χ1n) is 4.90. The SMILES string of the molecule is CC(C)c1c(N)n[nH]c1C(C)(C)C(F)F. The van der Waals surface area contributed by atoms with Crippen molar-refractivity contribution in [1.29, 1.82) is 0 Å². The highest BCUT2D eigenvalue weighted by atomic mass is 19.3. The first-order chi connectivity index (χ1) is 6.78. The number of alkyl halides is 2. The van der Waals surface area contributed by atoms with Crippen molar-refractivity contribution in [1.82, 2.24) is 10.2 Å². The number of anilines is 1. The molecular weight excluding hydrogens is 200 g/mol. The Morgan fingerprint density at radius 3 is 2.27 bits per heavy atom. The smallest absolute Gasteiger partial charge is 0.249 e. The Balaban J connectivity index is 3.26. The molecule has 1 aromatic rings. The van der Waals surface area contributed by atoms with E-state index in [-0.39, 0.29) is 5.92 Å². The van der Waals surface area contributed by atoms with Gasteiger partial charge in [-0.3, -0.25) is 5.10 Å². The van der Waals surface area contributed by atoms with E-state index in [9.17, 15) is 8.78 Å². The minimum absolute atomic E-state index is 0.0803. The zero-order valence-corrected chi connectivity index (χ0v) is 9.44. The highest BCUT2D eigenvalue weighted by Gasteiger charge is 2.36. The van der Waals surface area contributed by atoms with Crippen LogP contribution in [-0.2, 0) is 5.41 Å². The number of hydrogen-bond donors (Lipinski definition) is 2. The van der Waals surface area contributed by atoms with Crippen molar-refractivity contribution in [2.75, 3.05) is 5.73 Å². The number of halogens is 2. The normalized spacial score (nSPS) is 12.8. The molecule has 1 aromatic heterocycles. The van der Waals surface area contributed by atoms with Gasteiger partial charge in [0.15, 0.2) is 0 Å². The molecule has 3 N–H and O–H groups in total. The maximum atomic E-state index is 12.9. The van der Waals surface area contributed by atoms with Gasteiger partial charge in [0.1, 0.15) is 5.82 Å². The summed E-state index contributed by atoms with van der Waals surface area (Å²) >= 11 is 0. The van der Waals surface area contributed by atoms with Crippen LogP contribution in [0, 0.1) is 0 Å². The summed E-state index contributed by atoms with van der Waals surface area (Å²) in [7, 11) is 0. The molecule has 86 valence electrons. The van der Waals surface area contributed by atoms with Crippen LogP contribution in [0.1, 0.15) is 44.9 Å². The monoisotopic (exact) mass is 217 g/mol. The molecule has 0 atom stereocenters. The van der Waals surface area contributed by atoms with Crippen molar-refractivity contribution in [2.24, 2.45) is 0 Å². The summed E-state index contributed by atoms with van der Waals surface area (Å²) in [6.45, 7) is 6.78. The van der Waals surface area contributed by atoms with Crippen molar-refractivity contribution in [3.05, 3.63) is 11.3 Å². The predicted molar refractivity (Wildman–Crippen MR) is 56.1 cm³/mol. The molecule has 1 rings (SSSR count). The molecule has 0 aliphatic carbocycles. The fourth-order valence-corrected chi connectivity index (χ4v) is 1.55. The zero-order chi connectivity index (χ0) is 11.8. The first-order valence-corrected chi connectivity index (χ1v) is 4.90. The summed E-state index contributed by atoms with van der Waals surface area (Å²) in [4.78, 5) is 0. The molecule has 0 saturated heterocycles. The van der Waals surface area contributed by atoms with Crippen LogP contribution in [-0.4, -0.2) is 16.6 Å². The standard InChI is InChI=1S/C10H17F2N3/c1-5(2)6-7(14-15-8(6)13)10(3,4)9(11)12/h5,9H,1-4H3,(H3,13,14,15). The fraction of sp³-hybridized carbons (Fsp3) is 0.700. The van der Waals surface area contributed by atoms with Gasteiger partial charge in [-0.25, -0.2) is 8.78 Å². The van der Waals surface area contributed by atoms with Crippen molar-refractivity contribution >= 4 is 5.82 Å². The zero-order valence-electron chi connectivity index (χ0n) is 9.44. The van der Waals surface area contributed by atoms with Gasteiger partial charge in [-0.05, 0) is 19.8 Å². The lowest BCUT2D eigenvalue weighted by Gasteiger charge is -2.24. The van der Waals surface area contributed by atoms with E-state index in [1.54, 1.807) is 0 Å². The molecule has 0 radical (unpaired) electrons. The lowest BCUT2D eigenvalue weighted by Crippen LogP contribution is -2.29. The lowest BCUT2D eigenvalue weighted by atomic mass is 9.84. The Hall–Kier alpha value is -1.13. The number of nitrogens with zero attached hydrogens (tertiary/aromatic N) is 1. The number of nitrogen functional groups attached to an aromatic ring is 1. The molecule has 0 aromatic carbocycles. The van der Waals surface area contributed by atoms with E-state index in [2.05, 4.69) is 10.2 Å². The van der Waals surface area contributed by atoms with Gasteiger partial charge in [0.05, 0.1) is 11.1 Å². The van der Waals surface area contributed by atoms with Gasteiger partial charge in [-0.15, -0.1) is 0 Å². The molecule has 0 unspecified atom stereocenters. The third-order valence-electron chi connectivity index (χ3n) is 2.60. The molecule has 0 saturated carbocycles. The van der Waals surface area contributed by atoms with Gasteiger partial charge < -0.3 is 5.73 Å². The Kier molecular flexibility index (Phi) is 3.02. The van der Waals surface area contributed by atoms with E-state index in [1.165, 1.54) is 13.8 Å². The molecule has 3 nitrogen and oxygen atoms in total. The number of H-pyrrole nitrogens is 1. The number of aromatic nitrogens is 2. The van der Waals surface area contributed by atoms with Crippen LogP contribution >= 0.6 is 0 Å². The van der Waals surface area contributed by atoms with E-state index in [0.29, 0.717) is 17.1 Å². The van der Waals surface area contributed by atoms with Crippen LogP contribution in [0.25, 0.3) is 0 Å². The van der Waals surface area contributed by atoms with Crippen LogP contribution in [0.15, 0.2) is 0 Å². The van der Waals surface area contributed by atoms with E-state index in [4.69, 9.17) is 5.73 Å². The number of aromatic amines is 1. The third-order valence-corrected chi connectivity index (χ3v) is 2.60. The number of hydrogen-bond acceptors (Lipinski definition) is 2. The van der Waals surface area contributed by atoms with Gasteiger partial charge in [0.25, 0.3) is 0 Å². The fourth-order valence-electron chi connectivity index (χ4n) is 1.55. The van der Waals surface area contributed by atoms with Gasteiger partial charge in [-0.2, -0.15) is 5.10 Å². The highest BCUT2D eigenvalue weighted by molar-refractivity contribution is 5.46. The minimum Gasteiger partial charge on any atom is -0.382 e. The number of rotatable bonds is 3. The second-order valence-electron chi connectivity index (χ2n) is 4.57. The molecular formula is C10H17F2N3. The maximum absolute atomic E-state index is 12.9. The van der Waals surface area contributed by atoms with Gasteiger partial charge >= 0.3 is 0 Å². The molecule has 0 fully saturated rings. The average molecular weight is 217 g/mol. The molecule has 0 spiro atoms. The number of nitrogens with one attached hydrogen (secondary N) is 1. The summed E-state index contributed by atoms with van der Waals surface area (Å²) in [5.74, 6) is 0.394. The predicted octanol–water partition coefficient (Wildman–Crippen LogP) is 2.66. The Bertz CT molecular complexity index is 342. The van der Waals surface area contributed by atoms with E-state index in [1.807, 2.05) is 13.8 Å². The Morgan fingerprint density at radius 2 is 1.87 bits per heavy atom. The Morgan fingerprint density at radius 1 is 1.33 bits per heavy atom. The van der Waals surface area contributed by atoms with Gasteiger partial charge in [0.2, 0.25) is 6.43 Å². The molecule has 0 aliphatic heterocycles. The van der Waals surface area contributed by atoms with Crippen LogP contribution in [0.4, 0.5) is 14.6 Å². The number of nitrogens with two attached hydrogens (primary N) is 1. The molecule has 0 amide bonds. The molecule has 0 aliphatic rings.